The van der Waals surface area contributed by atoms with Crippen molar-refractivity contribution in [2.75, 3.05) is 6.61 Å². The zero-order valence-corrected chi connectivity index (χ0v) is 15.4. The third kappa shape index (κ3) is 3.58. The number of unbranched alkanes of at least 4 members (excludes halogenated alkanes) is 1. The van der Waals surface area contributed by atoms with Gasteiger partial charge in [-0.05, 0) is 48.9 Å². The number of benzene rings is 1. The molecule has 0 unspecified atom stereocenters. The molecule has 0 saturated heterocycles. The van der Waals surface area contributed by atoms with E-state index in [0.717, 1.165) is 24.0 Å². The molecule has 0 amide bonds. The van der Waals surface area contributed by atoms with Crippen molar-refractivity contribution in [1.29, 1.82) is 0 Å². The average molecular weight is 331 g/mol. The number of esters is 1. The van der Waals surface area contributed by atoms with Crippen LogP contribution in [-0.2, 0) is 10.2 Å². The lowest BCUT2D eigenvalue weighted by atomic mass is 9.85. The Bertz CT molecular complexity index is 776. The van der Waals surface area contributed by atoms with Gasteiger partial charge < -0.3 is 4.74 Å². The van der Waals surface area contributed by atoms with Gasteiger partial charge in [-0.2, -0.15) is 0 Å². The highest BCUT2D eigenvalue weighted by atomic mass is 19.1. The Morgan fingerprint density at radius 3 is 2.50 bits per heavy atom. The van der Waals surface area contributed by atoms with Gasteiger partial charge in [0.05, 0.1) is 12.2 Å². The highest BCUT2D eigenvalue weighted by Crippen LogP contribution is 2.31. The summed E-state index contributed by atoms with van der Waals surface area (Å²) in [7, 11) is 0. The van der Waals surface area contributed by atoms with Gasteiger partial charge in [-0.1, -0.05) is 34.1 Å². The Kier molecular flexibility index (Phi) is 5.26. The van der Waals surface area contributed by atoms with Gasteiger partial charge in [-0.3, -0.25) is 0 Å². The lowest BCUT2D eigenvalue weighted by molar-refractivity contribution is 0.0501. The molecular weight excluding hydrogens is 305 g/mol. The number of rotatable bonds is 4. The van der Waals surface area contributed by atoms with E-state index in [1.807, 2.05) is 40.7 Å². The molecule has 0 bridgehead atoms. The van der Waals surface area contributed by atoms with Crippen LogP contribution in [0.4, 0.5) is 4.39 Å². The lowest BCUT2D eigenvalue weighted by Crippen LogP contribution is -2.14. The number of hydrogen-bond donors (Lipinski definition) is 0. The number of fused-ring (bicyclic) bond motifs is 1. The van der Waals surface area contributed by atoms with Gasteiger partial charge in [0.25, 0.3) is 0 Å². The van der Waals surface area contributed by atoms with Gasteiger partial charge >= 0.3 is 5.97 Å². The van der Waals surface area contributed by atoms with Crippen molar-refractivity contribution in [3.05, 3.63) is 40.3 Å². The van der Waals surface area contributed by atoms with Crippen molar-refractivity contribution in [1.82, 2.24) is 4.98 Å². The predicted octanol–water partition coefficient (Wildman–Crippen LogP) is 5.25. The maximum absolute atomic E-state index is 14.6. The molecular formula is C20H26FNO2. The molecule has 24 heavy (non-hydrogen) atoms. The van der Waals surface area contributed by atoms with E-state index in [-0.39, 0.29) is 10.9 Å². The van der Waals surface area contributed by atoms with Crippen LogP contribution >= 0.6 is 0 Å². The summed E-state index contributed by atoms with van der Waals surface area (Å²) in [5.41, 5.74) is 2.66. The van der Waals surface area contributed by atoms with Crippen molar-refractivity contribution in [2.24, 2.45) is 0 Å². The van der Waals surface area contributed by atoms with E-state index in [0.29, 0.717) is 23.3 Å². The first kappa shape index (κ1) is 18.4. The Morgan fingerprint density at radius 2 is 1.92 bits per heavy atom. The highest BCUT2D eigenvalue weighted by molar-refractivity contribution is 6.05. The molecule has 0 fully saturated rings. The van der Waals surface area contributed by atoms with E-state index in [2.05, 4.69) is 4.98 Å². The number of nitrogens with zero attached hydrogens (tertiary/aromatic N) is 1. The summed E-state index contributed by atoms with van der Waals surface area (Å²) in [5.74, 6) is -0.801. The molecule has 0 aliphatic carbocycles. The minimum atomic E-state index is -0.401. The molecule has 3 nitrogen and oxygen atoms in total. The van der Waals surface area contributed by atoms with Crippen molar-refractivity contribution < 1.29 is 13.9 Å². The van der Waals surface area contributed by atoms with E-state index >= 15 is 0 Å². The van der Waals surface area contributed by atoms with E-state index in [4.69, 9.17) is 4.74 Å². The second-order valence-electron chi connectivity index (χ2n) is 7.29. The normalized spacial score (nSPS) is 11.8. The molecule has 130 valence electrons. The molecule has 4 heteroatoms. The molecule has 0 N–H and O–H groups in total. The van der Waals surface area contributed by atoms with Crippen LogP contribution < -0.4 is 0 Å². The molecule has 0 radical (unpaired) electrons. The largest absolute Gasteiger partial charge is 0.462 e. The van der Waals surface area contributed by atoms with E-state index in [1.165, 1.54) is 6.07 Å². The summed E-state index contributed by atoms with van der Waals surface area (Å²) >= 11 is 0. The zero-order valence-electron chi connectivity index (χ0n) is 15.4. The molecule has 1 aromatic heterocycles. The van der Waals surface area contributed by atoms with Crippen molar-refractivity contribution in [3.63, 3.8) is 0 Å². The van der Waals surface area contributed by atoms with Crippen molar-refractivity contribution >= 4 is 16.9 Å². The molecule has 2 rings (SSSR count). The van der Waals surface area contributed by atoms with Crippen LogP contribution in [0, 0.1) is 19.7 Å². The fraction of sp³-hybridized carbons (Fsp3) is 0.500. The SMILES string of the molecule is CCCCOC(=O)c1c(C)c(C)nc2c(F)cc(C(C)(C)C)cc12. The summed E-state index contributed by atoms with van der Waals surface area (Å²) in [6.45, 7) is 12.1. The van der Waals surface area contributed by atoms with Crippen LogP contribution in [0.25, 0.3) is 10.9 Å². The second kappa shape index (κ2) is 6.88. The fourth-order valence-electron chi connectivity index (χ4n) is 2.62. The van der Waals surface area contributed by atoms with Crippen molar-refractivity contribution in [2.45, 2.75) is 59.8 Å². The summed E-state index contributed by atoms with van der Waals surface area (Å²) < 4.78 is 20.0. The maximum atomic E-state index is 14.6. The number of pyridine rings is 1. The molecule has 0 saturated carbocycles. The number of aromatic nitrogens is 1. The van der Waals surface area contributed by atoms with Gasteiger partial charge in [0, 0.05) is 11.1 Å². The number of carbonyl (C=O) groups excluding carboxylic acids is 1. The van der Waals surface area contributed by atoms with Gasteiger partial charge in [0.15, 0.2) is 0 Å². The molecule has 0 atom stereocenters. The standard InChI is InChI=1S/C20H26FNO2/c1-7-8-9-24-19(23)17-12(2)13(3)22-18-15(17)10-14(11-16(18)21)20(4,5)6/h10-11H,7-9H2,1-6H3. The van der Waals surface area contributed by atoms with Gasteiger partial charge in [-0.25, -0.2) is 14.2 Å². The maximum Gasteiger partial charge on any atom is 0.339 e. The number of aryl methyl sites for hydroxylation is 1. The average Bonchev–Trinajstić information content (AvgIpc) is 2.48. The first-order chi connectivity index (χ1) is 11.2. The van der Waals surface area contributed by atoms with Crippen molar-refractivity contribution in [3.8, 4) is 0 Å². The first-order valence-electron chi connectivity index (χ1n) is 8.44. The topological polar surface area (TPSA) is 39.2 Å². The second-order valence-corrected chi connectivity index (χ2v) is 7.29. The fourth-order valence-corrected chi connectivity index (χ4v) is 2.62. The van der Waals surface area contributed by atoms with E-state index < -0.39 is 11.8 Å². The van der Waals surface area contributed by atoms with Crippen LogP contribution in [0.15, 0.2) is 12.1 Å². The molecule has 0 aliphatic rings. The Morgan fingerprint density at radius 1 is 1.25 bits per heavy atom. The number of halogens is 1. The van der Waals surface area contributed by atoms with Gasteiger partial charge in [0.1, 0.15) is 11.3 Å². The Hall–Kier alpha value is -1.97. The molecule has 2 aromatic rings. The third-order valence-electron chi connectivity index (χ3n) is 4.33. The summed E-state index contributed by atoms with van der Waals surface area (Å²) in [4.78, 5) is 17.0. The minimum Gasteiger partial charge on any atom is -0.462 e. The smallest absolute Gasteiger partial charge is 0.339 e. The number of hydrogen-bond acceptors (Lipinski definition) is 3. The third-order valence-corrected chi connectivity index (χ3v) is 4.33. The summed E-state index contributed by atoms with van der Waals surface area (Å²) in [5, 5.41) is 0.532. The lowest BCUT2D eigenvalue weighted by Gasteiger charge is -2.21. The van der Waals surface area contributed by atoms with Crippen LogP contribution in [0.5, 0.6) is 0 Å². The Labute approximate surface area is 143 Å². The van der Waals surface area contributed by atoms with Crippen LogP contribution in [0.2, 0.25) is 0 Å². The minimum absolute atomic E-state index is 0.225. The molecule has 0 aliphatic heterocycles. The van der Waals surface area contributed by atoms with Gasteiger partial charge in [-0.15, -0.1) is 0 Å². The zero-order chi connectivity index (χ0) is 18.1. The summed E-state index contributed by atoms with van der Waals surface area (Å²) in [6, 6.07) is 3.38. The number of carbonyl (C=O) groups is 1. The molecule has 1 heterocycles. The predicted molar refractivity (Wildman–Crippen MR) is 95.1 cm³/mol. The van der Waals surface area contributed by atoms with E-state index in [9.17, 15) is 9.18 Å². The van der Waals surface area contributed by atoms with Gasteiger partial charge in [0.2, 0.25) is 0 Å². The first-order valence-corrected chi connectivity index (χ1v) is 8.44. The highest BCUT2D eigenvalue weighted by Gasteiger charge is 2.23. The van der Waals surface area contributed by atoms with E-state index in [1.54, 1.807) is 6.92 Å². The number of ether oxygens (including phenoxy) is 1. The molecule has 1 aromatic carbocycles. The van der Waals surface area contributed by atoms with Crippen LogP contribution in [-0.4, -0.2) is 17.6 Å². The molecule has 0 spiro atoms. The van der Waals surface area contributed by atoms with Crippen LogP contribution in [0.1, 0.15) is 67.7 Å². The van der Waals surface area contributed by atoms with Crippen LogP contribution in [0.3, 0.4) is 0 Å². The Balaban J connectivity index is 2.69. The summed E-state index contributed by atoms with van der Waals surface area (Å²) in [6.07, 6.45) is 1.76. The monoisotopic (exact) mass is 331 g/mol. The quantitative estimate of drug-likeness (QED) is 0.568.